The Kier molecular flexibility index (Phi) is 3.88. The number of rotatable bonds is 3. The molecule has 0 aliphatic carbocycles. The van der Waals surface area contributed by atoms with E-state index in [1.807, 2.05) is 38.4 Å². The summed E-state index contributed by atoms with van der Waals surface area (Å²) in [6.45, 7) is 2.28. The van der Waals surface area contributed by atoms with Crippen molar-refractivity contribution in [3.8, 4) is 0 Å². The van der Waals surface area contributed by atoms with Gasteiger partial charge in [-0.1, -0.05) is 34.1 Å². The fourth-order valence-corrected chi connectivity index (χ4v) is 1.93. The third kappa shape index (κ3) is 4.01. The molecular weight excluding hydrogens is 256 g/mol. The van der Waals surface area contributed by atoms with Gasteiger partial charge in [-0.3, -0.25) is 4.79 Å². The van der Waals surface area contributed by atoms with Crippen LogP contribution in [0.5, 0.6) is 0 Å². The van der Waals surface area contributed by atoms with Gasteiger partial charge in [0.15, 0.2) is 0 Å². The molecule has 1 rings (SSSR count). The molecule has 0 atom stereocenters. The van der Waals surface area contributed by atoms with E-state index in [2.05, 4.69) is 21.4 Å². The number of hydrogen-bond acceptors (Lipinski definition) is 1. The summed E-state index contributed by atoms with van der Waals surface area (Å²) < 4.78 is 1.51. The molecule has 0 bridgehead atoms. The highest BCUT2D eigenvalue weighted by molar-refractivity contribution is 9.10. The zero-order chi connectivity index (χ0) is 11.5. The van der Waals surface area contributed by atoms with E-state index in [0.29, 0.717) is 4.59 Å². The first kappa shape index (κ1) is 12.2. The Morgan fingerprint density at radius 1 is 1.40 bits per heavy atom. The predicted octanol–water partition coefficient (Wildman–Crippen LogP) is 2.08. The Morgan fingerprint density at radius 3 is 2.53 bits per heavy atom. The lowest BCUT2D eigenvalue weighted by molar-refractivity contribution is -0.938. The van der Waals surface area contributed by atoms with Crippen LogP contribution in [0.2, 0.25) is 0 Å². The molecule has 0 radical (unpaired) electrons. The van der Waals surface area contributed by atoms with E-state index in [4.69, 9.17) is 0 Å². The highest BCUT2D eigenvalue weighted by Gasteiger charge is 2.18. The summed E-state index contributed by atoms with van der Waals surface area (Å²) in [5, 5.41) is 0. The lowest BCUT2D eigenvalue weighted by Gasteiger charge is -2.28. The molecule has 0 saturated heterocycles. The maximum absolute atomic E-state index is 11.0. The minimum Gasteiger partial charge on any atom is -0.270 e. The van der Waals surface area contributed by atoms with Crippen LogP contribution in [0.4, 0.5) is 0 Å². The summed E-state index contributed by atoms with van der Waals surface area (Å²) in [7, 11) is 3.92. The van der Waals surface area contributed by atoms with Gasteiger partial charge >= 0.3 is 0 Å². The zero-order valence-electron chi connectivity index (χ0n) is 9.25. The summed E-state index contributed by atoms with van der Waals surface area (Å²) in [5.41, 5.74) is 4.05. The van der Waals surface area contributed by atoms with Crippen LogP contribution in [0.1, 0.15) is 12.5 Å². The summed E-state index contributed by atoms with van der Waals surface area (Å²) >= 11 is 3.49. The van der Waals surface area contributed by atoms with Crippen LogP contribution in [-0.4, -0.2) is 24.6 Å². The van der Waals surface area contributed by atoms with Crippen LogP contribution in [0, 0.1) is 0 Å². The zero-order valence-corrected chi connectivity index (χ0v) is 10.8. The summed E-state index contributed by atoms with van der Waals surface area (Å²) in [6.07, 6.45) is 0. The Hall–Kier alpha value is -0.870. The molecule has 0 aromatic heterocycles. The summed E-state index contributed by atoms with van der Waals surface area (Å²) in [4.78, 5) is 11.0. The lowest BCUT2D eigenvalue weighted by Crippen LogP contribution is -2.52. The molecule has 15 heavy (non-hydrogen) atoms. The third-order valence-electron chi connectivity index (χ3n) is 1.98. The van der Waals surface area contributed by atoms with Gasteiger partial charge in [0.05, 0.1) is 14.1 Å². The van der Waals surface area contributed by atoms with E-state index in [1.165, 1.54) is 12.5 Å². The van der Waals surface area contributed by atoms with Gasteiger partial charge in [-0.15, -0.1) is 0 Å². The number of halogens is 1. The largest absolute Gasteiger partial charge is 0.270 e. The number of nitrogens with one attached hydrogen (secondary N) is 1. The van der Waals surface area contributed by atoms with Gasteiger partial charge in [-0.25, -0.2) is 10.0 Å². The summed E-state index contributed by atoms with van der Waals surface area (Å²) in [6, 6.07) is 8.02. The molecule has 0 aliphatic heterocycles. The van der Waals surface area contributed by atoms with Crippen LogP contribution in [0.15, 0.2) is 28.7 Å². The van der Waals surface area contributed by atoms with Crippen LogP contribution in [0.3, 0.4) is 0 Å². The second-order valence-corrected chi connectivity index (χ2v) is 4.96. The van der Waals surface area contributed by atoms with E-state index in [-0.39, 0.29) is 5.91 Å². The van der Waals surface area contributed by atoms with E-state index < -0.39 is 0 Å². The Bertz CT molecular complexity index is 363. The van der Waals surface area contributed by atoms with Crippen LogP contribution < -0.4 is 5.43 Å². The fraction of sp³-hybridized carbons (Fsp3) is 0.364. The number of quaternary nitrogens is 1. The van der Waals surface area contributed by atoms with Crippen molar-refractivity contribution in [3.63, 3.8) is 0 Å². The minimum absolute atomic E-state index is 0.0212. The van der Waals surface area contributed by atoms with Crippen molar-refractivity contribution in [2.75, 3.05) is 14.1 Å². The van der Waals surface area contributed by atoms with Crippen molar-refractivity contribution in [2.24, 2.45) is 0 Å². The van der Waals surface area contributed by atoms with Gasteiger partial charge in [0.2, 0.25) is 0 Å². The van der Waals surface area contributed by atoms with Gasteiger partial charge in [-0.2, -0.15) is 0 Å². The normalized spacial score (nSPS) is 11.2. The van der Waals surface area contributed by atoms with E-state index in [1.54, 1.807) is 0 Å². The van der Waals surface area contributed by atoms with Crippen molar-refractivity contribution in [1.29, 1.82) is 0 Å². The van der Waals surface area contributed by atoms with Crippen LogP contribution >= 0.6 is 15.9 Å². The maximum Gasteiger partial charge on any atom is 0.261 e. The monoisotopic (exact) mass is 271 g/mol. The summed E-state index contributed by atoms with van der Waals surface area (Å²) in [5.74, 6) is -0.0212. The van der Waals surface area contributed by atoms with Crippen LogP contribution in [-0.2, 0) is 11.3 Å². The second kappa shape index (κ2) is 4.77. The molecule has 0 aliphatic rings. The molecule has 0 unspecified atom stereocenters. The topological polar surface area (TPSA) is 29.1 Å². The molecule has 82 valence electrons. The number of hydrogen-bond donors (Lipinski definition) is 1. The molecule has 1 amide bonds. The van der Waals surface area contributed by atoms with Crippen molar-refractivity contribution in [3.05, 3.63) is 34.3 Å². The average molecular weight is 272 g/mol. The van der Waals surface area contributed by atoms with Gasteiger partial charge in [0.1, 0.15) is 6.54 Å². The number of carbonyl (C=O) groups is 1. The van der Waals surface area contributed by atoms with E-state index >= 15 is 0 Å². The molecular formula is C11H16BrN2O+. The minimum atomic E-state index is -0.0212. The fourth-order valence-electron chi connectivity index (χ4n) is 1.52. The van der Waals surface area contributed by atoms with Gasteiger partial charge in [0.25, 0.3) is 5.91 Å². The maximum atomic E-state index is 11.0. The van der Waals surface area contributed by atoms with Gasteiger partial charge in [-0.05, 0) is 6.07 Å². The Labute approximate surface area is 98.8 Å². The molecule has 0 spiro atoms. The van der Waals surface area contributed by atoms with Crippen molar-refractivity contribution in [1.82, 2.24) is 5.43 Å². The predicted molar refractivity (Wildman–Crippen MR) is 63.8 cm³/mol. The van der Waals surface area contributed by atoms with Crippen molar-refractivity contribution in [2.45, 2.75) is 13.5 Å². The first-order valence-electron chi connectivity index (χ1n) is 4.76. The SMILES string of the molecule is CC(=O)N[N+](C)(C)Cc1ccccc1Br. The number of amides is 1. The quantitative estimate of drug-likeness (QED) is 0.662. The molecule has 0 heterocycles. The average Bonchev–Trinajstić information content (AvgIpc) is 2.06. The lowest BCUT2D eigenvalue weighted by atomic mass is 10.2. The van der Waals surface area contributed by atoms with E-state index in [0.717, 1.165) is 11.0 Å². The molecule has 0 fully saturated rings. The number of nitrogens with zero attached hydrogens (tertiary/aromatic N) is 1. The molecule has 1 aromatic carbocycles. The Morgan fingerprint density at radius 2 is 2.00 bits per heavy atom. The number of benzene rings is 1. The molecule has 1 N–H and O–H groups in total. The van der Waals surface area contributed by atoms with Gasteiger partial charge in [0, 0.05) is 17.0 Å². The third-order valence-corrected chi connectivity index (χ3v) is 2.76. The number of carbonyl (C=O) groups excluding carboxylic acids is 1. The molecule has 0 saturated carbocycles. The second-order valence-electron chi connectivity index (χ2n) is 4.10. The first-order valence-corrected chi connectivity index (χ1v) is 5.55. The highest BCUT2D eigenvalue weighted by atomic mass is 79.9. The smallest absolute Gasteiger partial charge is 0.261 e. The van der Waals surface area contributed by atoms with Crippen molar-refractivity contribution < 1.29 is 9.39 Å². The standard InChI is InChI=1S/C11H15BrN2O/c1-9(15)13-14(2,3)8-10-6-4-5-7-11(10)12/h4-7H,8H2,1-3H3/p+1. The van der Waals surface area contributed by atoms with Crippen LogP contribution in [0.25, 0.3) is 0 Å². The van der Waals surface area contributed by atoms with E-state index in [9.17, 15) is 4.79 Å². The van der Waals surface area contributed by atoms with Gasteiger partial charge < -0.3 is 0 Å². The van der Waals surface area contributed by atoms with Crippen molar-refractivity contribution >= 4 is 21.8 Å². The molecule has 1 aromatic rings. The molecule has 4 heteroatoms. The Balaban J connectivity index is 2.77. The molecule has 3 nitrogen and oxygen atoms in total. The first-order chi connectivity index (χ1) is 6.91. The highest BCUT2D eigenvalue weighted by Crippen LogP contribution is 2.18.